The minimum absolute atomic E-state index is 3.23. The first-order valence-corrected chi connectivity index (χ1v) is 1.13. The third-order valence-electron chi connectivity index (χ3n) is 0.158. The van der Waals surface area contributed by atoms with Crippen molar-refractivity contribution in [2.24, 2.45) is 0 Å². The fourth-order valence-electron chi connectivity index (χ4n) is 0.0483. The van der Waals surface area contributed by atoms with Crippen molar-refractivity contribution in [3.8, 4) is 0 Å². The fraction of sp³-hybridized carbons (Fsp3) is 1.00. The lowest BCUT2D eigenvalue weighted by molar-refractivity contribution is 0.166. The van der Waals surface area contributed by atoms with Crippen LogP contribution in [-0.4, -0.2) is 25.3 Å². The van der Waals surface area contributed by atoms with Crippen molar-refractivity contribution in [1.82, 2.24) is 0 Å². The van der Waals surface area contributed by atoms with Gasteiger partial charge in [-0.3, -0.25) is 0 Å². The van der Waals surface area contributed by atoms with E-state index in [0.717, 1.165) is 0 Å². The molecule has 0 aliphatic rings. The van der Waals surface area contributed by atoms with Crippen LogP contribution in [0.3, 0.4) is 0 Å². The Morgan fingerprint density at radius 1 is 2.17 bits per heavy atom. The molecular weight excluding hydrogens is 80.0 g/mol. The second-order valence-corrected chi connectivity index (χ2v) is 0.441. The lowest BCUT2D eigenvalue weighted by atomic mass is 10.5. The largest absolute Gasteiger partial charge is 0.396 e. The van der Waals surface area contributed by atoms with Gasteiger partial charge in [0.05, 0.1) is 9.60 Å². The van der Waals surface area contributed by atoms with Crippen LogP contribution in [0.4, 0.5) is 0 Å². The van der Waals surface area contributed by atoms with E-state index in [1.165, 1.54) is 0 Å². The molecule has 2 nitrogen and oxygen atoms in total. The normalized spacial score (nSPS) is 40.5. The standard InChI is InChI=1S/C4H10O2/c1-6-4-2-3-5/h5H,2-4H2,1H3/i1D3,2D2,3D2,4D2. The first kappa shape index (κ1) is 0.740. The third kappa shape index (κ3) is 3.92. The fourth-order valence-corrected chi connectivity index (χ4v) is 0.0483. The number of ether oxygens (including phenoxy) is 1. The molecule has 0 heterocycles. The summed E-state index contributed by atoms with van der Waals surface area (Å²) >= 11 is 0. The Hall–Kier alpha value is -0.0800. The van der Waals surface area contributed by atoms with Gasteiger partial charge in [-0.15, -0.1) is 0 Å². The highest BCUT2D eigenvalue weighted by Crippen LogP contribution is 1.72. The molecule has 0 aliphatic carbocycles. The van der Waals surface area contributed by atoms with Crippen LogP contribution >= 0.6 is 0 Å². The van der Waals surface area contributed by atoms with Crippen molar-refractivity contribution in [2.45, 2.75) is 6.37 Å². The average molecular weight is 99.2 g/mol. The van der Waals surface area contributed by atoms with Gasteiger partial charge >= 0.3 is 0 Å². The molecule has 0 saturated heterocycles. The Morgan fingerprint density at radius 3 is 3.50 bits per heavy atom. The van der Waals surface area contributed by atoms with E-state index in [0.29, 0.717) is 0 Å². The van der Waals surface area contributed by atoms with Gasteiger partial charge in [0.2, 0.25) is 0 Å². The van der Waals surface area contributed by atoms with Crippen LogP contribution < -0.4 is 0 Å². The molecule has 0 aliphatic heterocycles. The smallest absolute Gasteiger partial charge is 0.0567 e. The van der Waals surface area contributed by atoms with E-state index in [2.05, 4.69) is 4.74 Å². The van der Waals surface area contributed by atoms with E-state index < -0.39 is 26.5 Å². The van der Waals surface area contributed by atoms with Crippen molar-refractivity contribution in [2.75, 3.05) is 20.2 Å². The molecule has 38 valence electrons. The van der Waals surface area contributed by atoms with Crippen LogP contribution in [0, 0.1) is 0 Å². The molecule has 0 fully saturated rings. The van der Waals surface area contributed by atoms with Gasteiger partial charge in [0.25, 0.3) is 0 Å². The minimum atomic E-state index is -3.57. The Bertz CT molecular complexity index is 225. The SMILES string of the molecule is [2H]C([2H])([2H])OC([2H])([2H])C([2H])([2H])C([2H])([2H])O. The van der Waals surface area contributed by atoms with Gasteiger partial charge in [-0.2, -0.15) is 0 Å². The maximum Gasteiger partial charge on any atom is 0.0567 e. The van der Waals surface area contributed by atoms with Crippen LogP contribution in [0.25, 0.3) is 0 Å². The summed E-state index contributed by atoms with van der Waals surface area (Å²) in [6.45, 7) is -7.06. The van der Waals surface area contributed by atoms with Gasteiger partial charge in [-0.25, -0.2) is 0 Å². The Labute approximate surface area is 50.4 Å². The molecule has 2 heteroatoms. The second-order valence-electron chi connectivity index (χ2n) is 0.441. The lowest BCUT2D eigenvalue weighted by Gasteiger charge is -1.89. The van der Waals surface area contributed by atoms with E-state index in [-0.39, 0.29) is 0 Å². The molecule has 0 bridgehead atoms. The first-order valence-electron chi connectivity index (χ1n) is 5.63. The van der Waals surface area contributed by atoms with Crippen LogP contribution in [0.5, 0.6) is 0 Å². The highest BCUT2D eigenvalue weighted by Gasteiger charge is 1.75. The number of methoxy groups -OCH3 is 1. The van der Waals surface area contributed by atoms with Gasteiger partial charge in [-0.1, -0.05) is 0 Å². The van der Waals surface area contributed by atoms with Gasteiger partial charge in [-0.05, 0) is 6.37 Å². The quantitative estimate of drug-likeness (QED) is 0.540. The summed E-state index contributed by atoms with van der Waals surface area (Å²) in [5, 5.41) is 8.73. The number of aliphatic hydroxyl groups is 1. The summed E-state index contributed by atoms with van der Waals surface area (Å²) in [6, 6.07) is 0. The summed E-state index contributed by atoms with van der Waals surface area (Å²) in [5.41, 5.74) is 0. The molecule has 6 heavy (non-hydrogen) atoms. The highest BCUT2D eigenvalue weighted by molar-refractivity contribution is 4.25. The highest BCUT2D eigenvalue weighted by atomic mass is 16.5. The van der Waals surface area contributed by atoms with Crippen LogP contribution in [0.2, 0.25) is 0 Å². The van der Waals surface area contributed by atoms with Crippen molar-refractivity contribution < 1.29 is 22.2 Å². The van der Waals surface area contributed by atoms with Gasteiger partial charge < -0.3 is 9.84 Å². The average Bonchev–Trinajstić information content (AvgIpc) is 1.77. The summed E-state index contributed by atoms with van der Waals surface area (Å²) < 4.78 is 64.6. The molecule has 0 unspecified atom stereocenters. The lowest BCUT2D eigenvalue weighted by Crippen LogP contribution is -1.90. The second kappa shape index (κ2) is 4.92. The maximum atomic E-state index is 8.73. The number of rotatable bonds is 3. The van der Waals surface area contributed by atoms with Gasteiger partial charge in [0.1, 0.15) is 0 Å². The molecule has 0 aromatic rings. The maximum absolute atomic E-state index is 8.73. The Kier molecular flexibility index (Phi) is 0.606. The Balaban J connectivity index is 5.03. The summed E-state index contributed by atoms with van der Waals surface area (Å²) in [5.74, 6) is 0. The minimum Gasteiger partial charge on any atom is -0.396 e. The molecule has 0 aromatic heterocycles. The molecule has 0 radical (unpaired) electrons. The van der Waals surface area contributed by atoms with Crippen LogP contribution in [-0.2, 0) is 4.74 Å². The summed E-state index contributed by atoms with van der Waals surface area (Å²) in [4.78, 5) is 0. The van der Waals surface area contributed by atoms with E-state index in [4.69, 9.17) is 17.4 Å². The van der Waals surface area contributed by atoms with E-state index in [1.807, 2.05) is 0 Å². The van der Waals surface area contributed by atoms with Crippen molar-refractivity contribution in [3.05, 3.63) is 0 Å². The molecule has 0 atom stereocenters. The predicted molar refractivity (Wildman–Crippen MR) is 23.6 cm³/mol. The number of hydrogen-bond donors (Lipinski definition) is 1. The molecule has 0 aromatic carbocycles. The van der Waals surface area contributed by atoms with Gasteiger partial charge in [0, 0.05) is 22.9 Å². The molecule has 0 rings (SSSR count). The molecule has 0 saturated carbocycles. The van der Waals surface area contributed by atoms with E-state index in [1.54, 1.807) is 0 Å². The van der Waals surface area contributed by atoms with Crippen LogP contribution in [0.1, 0.15) is 18.7 Å². The molecule has 0 spiro atoms. The van der Waals surface area contributed by atoms with Crippen molar-refractivity contribution in [1.29, 1.82) is 0 Å². The zero-order valence-corrected chi connectivity index (χ0v) is 2.86. The Morgan fingerprint density at radius 2 is 3.00 bits per heavy atom. The molecular formula is C4H10O2. The van der Waals surface area contributed by atoms with Gasteiger partial charge in [0.15, 0.2) is 0 Å². The van der Waals surface area contributed by atoms with E-state index >= 15 is 0 Å². The number of hydrogen-bond acceptors (Lipinski definition) is 2. The van der Waals surface area contributed by atoms with E-state index in [9.17, 15) is 0 Å². The zero-order valence-electron chi connectivity index (χ0n) is 11.9. The first-order chi connectivity index (χ1) is 6.21. The zero-order chi connectivity index (χ0) is 12.7. The van der Waals surface area contributed by atoms with Crippen LogP contribution in [0.15, 0.2) is 0 Å². The third-order valence-corrected chi connectivity index (χ3v) is 0.158. The molecule has 0 amide bonds. The monoisotopic (exact) mass is 99.1 g/mol. The molecule has 1 N–H and O–H groups in total. The predicted octanol–water partition coefficient (Wildman–Crippen LogP) is 0.0152. The van der Waals surface area contributed by atoms with Crippen molar-refractivity contribution in [3.63, 3.8) is 0 Å². The topological polar surface area (TPSA) is 29.5 Å². The van der Waals surface area contributed by atoms with Crippen molar-refractivity contribution >= 4 is 0 Å². The summed E-state index contributed by atoms with van der Waals surface area (Å²) in [6.07, 6.45) is -3.52. The summed E-state index contributed by atoms with van der Waals surface area (Å²) in [7, 11) is -3.23.